The minimum Gasteiger partial charge on any atom is -0.469 e. The molecule has 1 aliphatic rings. The lowest BCUT2D eigenvalue weighted by Gasteiger charge is -2.32. The molecule has 126 valence electrons. The molecule has 1 aromatic heterocycles. The predicted molar refractivity (Wildman–Crippen MR) is 90.0 cm³/mol. The summed E-state index contributed by atoms with van der Waals surface area (Å²) in [6.07, 6.45) is 1.36. The van der Waals surface area contributed by atoms with Crippen LogP contribution < -0.4 is 4.90 Å². The second-order valence-electron chi connectivity index (χ2n) is 5.83. The molecule has 1 aliphatic heterocycles. The number of hydrogen-bond donors (Lipinski definition) is 0. The van der Waals surface area contributed by atoms with E-state index in [2.05, 4.69) is 4.98 Å². The lowest BCUT2D eigenvalue weighted by atomic mass is 9.96. The van der Waals surface area contributed by atoms with Crippen LogP contribution in [0.15, 0.2) is 30.3 Å². The Morgan fingerprint density at radius 2 is 1.83 bits per heavy atom. The molecule has 1 aromatic carbocycles. The van der Waals surface area contributed by atoms with Gasteiger partial charge < -0.3 is 14.4 Å². The van der Waals surface area contributed by atoms with Crippen LogP contribution in [0.2, 0.25) is 0 Å². The summed E-state index contributed by atoms with van der Waals surface area (Å²) in [6.45, 7) is 1.30. The fourth-order valence-electron chi connectivity index (χ4n) is 3.10. The smallest absolute Gasteiger partial charge is 0.341 e. The molecular weight excluding hydrogens is 308 g/mol. The number of rotatable bonds is 3. The average molecular weight is 328 g/mol. The molecule has 0 spiro atoms. The molecule has 0 N–H and O–H groups in total. The first-order chi connectivity index (χ1) is 11.6. The van der Waals surface area contributed by atoms with Gasteiger partial charge >= 0.3 is 11.9 Å². The van der Waals surface area contributed by atoms with Crippen molar-refractivity contribution in [2.45, 2.75) is 12.8 Å². The fraction of sp³-hybridized carbons (Fsp3) is 0.389. The van der Waals surface area contributed by atoms with Crippen LogP contribution in [-0.2, 0) is 14.3 Å². The van der Waals surface area contributed by atoms with Gasteiger partial charge in [0.1, 0.15) is 11.4 Å². The first-order valence-corrected chi connectivity index (χ1v) is 7.95. The van der Waals surface area contributed by atoms with E-state index in [-0.39, 0.29) is 11.9 Å². The summed E-state index contributed by atoms with van der Waals surface area (Å²) in [7, 11) is 2.78. The molecule has 2 aromatic rings. The van der Waals surface area contributed by atoms with Gasteiger partial charge in [0, 0.05) is 18.5 Å². The minimum absolute atomic E-state index is 0.0896. The maximum absolute atomic E-state index is 12.2. The number of carbonyl (C=O) groups excluding carboxylic acids is 2. The van der Waals surface area contributed by atoms with E-state index in [0.717, 1.165) is 10.9 Å². The van der Waals surface area contributed by atoms with Crippen LogP contribution >= 0.6 is 0 Å². The number of benzene rings is 1. The van der Waals surface area contributed by atoms with Gasteiger partial charge in [-0.25, -0.2) is 9.78 Å². The normalized spacial score (nSPS) is 15.3. The van der Waals surface area contributed by atoms with Gasteiger partial charge in [0.05, 0.1) is 25.7 Å². The number of anilines is 1. The molecule has 0 amide bonds. The Labute approximate surface area is 140 Å². The van der Waals surface area contributed by atoms with E-state index in [4.69, 9.17) is 9.47 Å². The maximum atomic E-state index is 12.2. The van der Waals surface area contributed by atoms with E-state index < -0.39 is 5.97 Å². The van der Waals surface area contributed by atoms with Crippen LogP contribution in [0.4, 0.5) is 5.82 Å². The van der Waals surface area contributed by atoms with Crippen molar-refractivity contribution in [3.8, 4) is 0 Å². The molecule has 3 rings (SSSR count). The summed E-state index contributed by atoms with van der Waals surface area (Å²) in [5, 5.41) is 0.895. The lowest BCUT2D eigenvalue weighted by Crippen LogP contribution is -2.38. The van der Waals surface area contributed by atoms with Crippen LogP contribution in [0.3, 0.4) is 0 Å². The summed E-state index contributed by atoms with van der Waals surface area (Å²) in [6, 6.07) is 9.48. The van der Waals surface area contributed by atoms with E-state index in [1.807, 2.05) is 35.2 Å². The highest BCUT2D eigenvalue weighted by Crippen LogP contribution is 2.28. The number of ether oxygens (including phenoxy) is 2. The number of hydrogen-bond acceptors (Lipinski definition) is 6. The highest BCUT2D eigenvalue weighted by molar-refractivity contribution is 5.99. The third-order valence-electron chi connectivity index (χ3n) is 4.44. The van der Waals surface area contributed by atoms with Gasteiger partial charge in [-0.2, -0.15) is 0 Å². The summed E-state index contributed by atoms with van der Waals surface area (Å²) >= 11 is 0. The van der Waals surface area contributed by atoms with Crippen LogP contribution in [0.25, 0.3) is 10.9 Å². The zero-order valence-corrected chi connectivity index (χ0v) is 13.8. The van der Waals surface area contributed by atoms with E-state index in [1.54, 1.807) is 0 Å². The Morgan fingerprint density at radius 3 is 2.50 bits per heavy atom. The molecule has 2 heterocycles. The number of nitrogens with zero attached hydrogens (tertiary/aromatic N) is 2. The molecule has 0 atom stereocenters. The van der Waals surface area contributed by atoms with Crippen LogP contribution in [-0.4, -0.2) is 44.2 Å². The van der Waals surface area contributed by atoms with Crippen molar-refractivity contribution < 1.29 is 19.1 Å². The number of fused-ring (bicyclic) bond motifs is 1. The molecule has 0 radical (unpaired) electrons. The Balaban J connectivity index is 1.93. The van der Waals surface area contributed by atoms with Crippen molar-refractivity contribution >= 4 is 28.7 Å². The number of pyridine rings is 1. The maximum Gasteiger partial charge on any atom is 0.341 e. The van der Waals surface area contributed by atoms with Crippen molar-refractivity contribution in [1.29, 1.82) is 0 Å². The Kier molecular flexibility index (Phi) is 4.64. The number of methoxy groups -OCH3 is 2. The van der Waals surface area contributed by atoms with Crippen molar-refractivity contribution in [1.82, 2.24) is 4.98 Å². The van der Waals surface area contributed by atoms with Gasteiger partial charge in [-0.05, 0) is 25.0 Å². The van der Waals surface area contributed by atoms with Gasteiger partial charge in [-0.1, -0.05) is 18.2 Å². The Bertz CT molecular complexity index is 767. The molecule has 24 heavy (non-hydrogen) atoms. The van der Waals surface area contributed by atoms with Crippen molar-refractivity contribution in [2.24, 2.45) is 5.92 Å². The molecule has 0 aliphatic carbocycles. The Morgan fingerprint density at radius 1 is 1.12 bits per heavy atom. The third kappa shape index (κ3) is 3.04. The monoisotopic (exact) mass is 328 g/mol. The van der Waals surface area contributed by atoms with Crippen LogP contribution in [0.5, 0.6) is 0 Å². The van der Waals surface area contributed by atoms with Crippen LogP contribution in [0, 0.1) is 5.92 Å². The number of para-hydroxylation sites is 1. The highest BCUT2D eigenvalue weighted by atomic mass is 16.5. The van der Waals surface area contributed by atoms with Gasteiger partial charge in [-0.15, -0.1) is 0 Å². The average Bonchev–Trinajstić information content (AvgIpc) is 2.65. The van der Waals surface area contributed by atoms with E-state index in [0.29, 0.717) is 37.3 Å². The van der Waals surface area contributed by atoms with Gasteiger partial charge in [0.15, 0.2) is 0 Å². The summed E-state index contributed by atoms with van der Waals surface area (Å²) in [4.78, 5) is 30.6. The van der Waals surface area contributed by atoms with E-state index >= 15 is 0 Å². The number of piperidine rings is 1. The second kappa shape index (κ2) is 6.86. The second-order valence-corrected chi connectivity index (χ2v) is 5.83. The number of carbonyl (C=O) groups is 2. The zero-order valence-electron chi connectivity index (χ0n) is 13.8. The Hall–Kier alpha value is -2.63. The molecule has 6 heteroatoms. The molecular formula is C18H20N2O4. The van der Waals surface area contributed by atoms with Gasteiger partial charge in [0.2, 0.25) is 0 Å². The topological polar surface area (TPSA) is 68.7 Å². The first kappa shape index (κ1) is 16.2. The molecule has 6 nitrogen and oxygen atoms in total. The molecule has 0 bridgehead atoms. The largest absolute Gasteiger partial charge is 0.469 e. The predicted octanol–water partition coefficient (Wildman–Crippen LogP) is 2.41. The third-order valence-corrected chi connectivity index (χ3v) is 4.44. The summed E-state index contributed by atoms with van der Waals surface area (Å²) < 4.78 is 9.73. The zero-order chi connectivity index (χ0) is 17.1. The van der Waals surface area contributed by atoms with Gasteiger partial charge in [0.25, 0.3) is 0 Å². The SMILES string of the molecule is COC(=O)c1cc2ccccc2nc1N1CCC(C(=O)OC)CC1. The van der Waals surface area contributed by atoms with Crippen LogP contribution in [0.1, 0.15) is 23.2 Å². The summed E-state index contributed by atoms with van der Waals surface area (Å²) in [5.74, 6) is -0.0511. The minimum atomic E-state index is -0.404. The van der Waals surface area contributed by atoms with E-state index in [9.17, 15) is 9.59 Å². The lowest BCUT2D eigenvalue weighted by molar-refractivity contribution is -0.146. The van der Waals surface area contributed by atoms with Crippen molar-refractivity contribution in [2.75, 3.05) is 32.2 Å². The highest BCUT2D eigenvalue weighted by Gasteiger charge is 2.28. The molecule has 0 saturated carbocycles. The first-order valence-electron chi connectivity index (χ1n) is 7.95. The van der Waals surface area contributed by atoms with E-state index in [1.165, 1.54) is 14.2 Å². The van der Waals surface area contributed by atoms with Crippen molar-refractivity contribution in [3.05, 3.63) is 35.9 Å². The number of aromatic nitrogens is 1. The quantitative estimate of drug-likeness (QED) is 0.806. The summed E-state index contributed by atoms with van der Waals surface area (Å²) in [5.41, 5.74) is 1.28. The van der Waals surface area contributed by atoms with Gasteiger partial charge in [-0.3, -0.25) is 4.79 Å². The molecule has 1 saturated heterocycles. The molecule has 0 unspecified atom stereocenters. The standard InChI is InChI=1S/C18H20N2O4/c1-23-17(21)12-7-9-20(10-8-12)16-14(18(22)24-2)11-13-5-3-4-6-15(13)19-16/h3-6,11-12H,7-10H2,1-2H3. The van der Waals surface area contributed by atoms with Crippen molar-refractivity contribution in [3.63, 3.8) is 0 Å². The fourth-order valence-corrected chi connectivity index (χ4v) is 3.10. The number of esters is 2. The molecule has 1 fully saturated rings.